The number of hydrogen-bond donors (Lipinski definition) is 3. The number of nitriles is 1. The Bertz CT molecular complexity index is 754. The summed E-state index contributed by atoms with van der Waals surface area (Å²) in [6, 6.07) is -0.0182. The van der Waals surface area contributed by atoms with E-state index in [0.29, 0.717) is 45.7 Å². The third-order valence-corrected chi connectivity index (χ3v) is 7.01. The maximum absolute atomic E-state index is 13.6. The van der Waals surface area contributed by atoms with Crippen LogP contribution in [-0.4, -0.2) is 58.5 Å². The summed E-state index contributed by atoms with van der Waals surface area (Å²) in [4.78, 5) is 37.9. The Morgan fingerprint density at radius 2 is 1.74 bits per heavy atom. The smallest absolute Gasteiger partial charge is 0.318 e. The molecule has 3 amide bonds. The minimum Gasteiger partial charge on any atom is -0.481 e. The topological polar surface area (TPSA) is 123 Å². The molecule has 1 heterocycles. The summed E-state index contributed by atoms with van der Waals surface area (Å²) in [5, 5.41) is 23.2. The third-order valence-electron chi connectivity index (χ3n) is 7.01. The fraction of sp³-hybridized carbons (Fsp3) is 0.810. The van der Waals surface area contributed by atoms with Crippen molar-refractivity contribution in [1.82, 2.24) is 15.5 Å². The Hall–Kier alpha value is -2.44. The number of rotatable bonds is 6. The number of halogens is 2. The summed E-state index contributed by atoms with van der Waals surface area (Å²) >= 11 is 0. The highest BCUT2D eigenvalue weighted by Gasteiger charge is 2.47. The van der Waals surface area contributed by atoms with Gasteiger partial charge in [0.05, 0.1) is 12.0 Å². The van der Waals surface area contributed by atoms with Crippen molar-refractivity contribution >= 4 is 17.9 Å². The molecule has 1 spiro atoms. The number of carbonyl (C=O) groups is 3. The molecule has 0 unspecified atom stereocenters. The van der Waals surface area contributed by atoms with Gasteiger partial charge in [-0.1, -0.05) is 0 Å². The highest BCUT2D eigenvalue weighted by atomic mass is 19.3. The number of aliphatic carboxylic acids is 1. The van der Waals surface area contributed by atoms with E-state index in [-0.39, 0.29) is 11.3 Å². The second-order valence-electron chi connectivity index (χ2n) is 9.56. The van der Waals surface area contributed by atoms with Crippen LogP contribution in [0.15, 0.2) is 0 Å². The molecule has 1 atom stereocenters. The zero-order chi connectivity index (χ0) is 22.9. The molecule has 3 fully saturated rings. The lowest BCUT2D eigenvalue weighted by Gasteiger charge is -2.45. The van der Waals surface area contributed by atoms with Crippen LogP contribution >= 0.6 is 0 Å². The number of piperidine rings is 1. The number of nitrogens with one attached hydrogen (secondary N) is 2. The molecule has 0 aromatic heterocycles. The summed E-state index contributed by atoms with van der Waals surface area (Å²) in [6.07, 6.45) is 4.43. The number of alkyl halides is 2. The zero-order valence-electron chi connectivity index (χ0n) is 17.8. The van der Waals surface area contributed by atoms with E-state index < -0.39 is 41.8 Å². The van der Waals surface area contributed by atoms with Crippen molar-refractivity contribution in [3.63, 3.8) is 0 Å². The first kappa shape index (κ1) is 23.2. The molecule has 0 aromatic carbocycles. The Morgan fingerprint density at radius 3 is 2.19 bits per heavy atom. The van der Waals surface area contributed by atoms with E-state index >= 15 is 0 Å². The average molecular weight is 440 g/mol. The zero-order valence-corrected chi connectivity index (χ0v) is 17.8. The van der Waals surface area contributed by atoms with E-state index in [2.05, 4.69) is 10.6 Å². The second kappa shape index (κ2) is 8.60. The molecule has 31 heavy (non-hydrogen) atoms. The van der Waals surface area contributed by atoms with E-state index in [4.69, 9.17) is 5.26 Å². The van der Waals surface area contributed by atoms with Gasteiger partial charge < -0.3 is 20.6 Å². The van der Waals surface area contributed by atoms with Gasteiger partial charge in [0, 0.05) is 19.5 Å². The number of likely N-dealkylation sites (tertiary alicyclic amines) is 1. The fourth-order valence-electron chi connectivity index (χ4n) is 4.68. The number of carboxylic acids is 1. The molecule has 3 N–H and O–H groups in total. The van der Waals surface area contributed by atoms with Crippen molar-refractivity contribution in [2.45, 2.75) is 82.2 Å². The number of carbonyl (C=O) groups excluding carboxylic acids is 2. The Morgan fingerprint density at radius 1 is 1.16 bits per heavy atom. The van der Waals surface area contributed by atoms with Gasteiger partial charge in [0.25, 0.3) is 0 Å². The third kappa shape index (κ3) is 5.83. The van der Waals surface area contributed by atoms with Crippen LogP contribution in [0.3, 0.4) is 0 Å². The molecule has 0 radical (unpaired) electrons. The van der Waals surface area contributed by atoms with Crippen molar-refractivity contribution in [1.29, 1.82) is 5.26 Å². The largest absolute Gasteiger partial charge is 0.481 e. The lowest BCUT2D eigenvalue weighted by Crippen LogP contribution is -2.56. The highest BCUT2D eigenvalue weighted by Crippen LogP contribution is 2.46. The molecule has 1 aliphatic heterocycles. The number of nitrogens with zero attached hydrogens (tertiary/aromatic N) is 2. The van der Waals surface area contributed by atoms with Gasteiger partial charge in [-0.2, -0.15) is 5.26 Å². The van der Waals surface area contributed by atoms with Crippen LogP contribution in [0.1, 0.15) is 64.7 Å². The van der Waals surface area contributed by atoms with E-state index in [0.717, 1.165) is 25.7 Å². The highest BCUT2D eigenvalue weighted by molar-refractivity contribution is 5.88. The summed E-state index contributed by atoms with van der Waals surface area (Å²) in [5.41, 5.74) is -0.976. The maximum Gasteiger partial charge on any atom is 0.318 e. The average Bonchev–Trinajstić information content (AvgIpc) is 3.47. The minimum atomic E-state index is -3.16. The number of amides is 3. The number of urea groups is 1. The first-order valence-electron chi connectivity index (χ1n) is 10.9. The van der Waals surface area contributed by atoms with Gasteiger partial charge in [0.15, 0.2) is 0 Å². The van der Waals surface area contributed by atoms with Crippen LogP contribution in [0.5, 0.6) is 0 Å². The SMILES string of the molecule is CC(F)(F)C[C@H](NC(=O)N1CCC2(CCC(C(=O)O)CC2)CC1)C(=O)NC1(C#N)CC1. The van der Waals surface area contributed by atoms with Crippen LogP contribution in [0.2, 0.25) is 0 Å². The summed E-state index contributed by atoms with van der Waals surface area (Å²) in [5.74, 6) is -4.99. The summed E-state index contributed by atoms with van der Waals surface area (Å²) in [6.45, 7) is 1.56. The monoisotopic (exact) mass is 440 g/mol. The van der Waals surface area contributed by atoms with E-state index in [9.17, 15) is 28.3 Å². The molecule has 2 aliphatic carbocycles. The maximum atomic E-state index is 13.6. The van der Waals surface area contributed by atoms with Crippen LogP contribution in [0.25, 0.3) is 0 Å². The number of hydrogen-bond acceptors (Lipinski definition) is 4. The molecular weight excluding hydrogens is 410 g/mol. The van der Waals surface area contributed by atoms with Gasteiger partial charge in [-0.05, 0) is 63.7 Å². The molecule has 0 bridgehead atoms. The first-order valence-corrected chi connectivity index (χ1v) is 10.9. The van der Waals surface area contributed by atoms with Gasteiger partial charge in [-0.15, -0.1) is 0 Å². The lowest BCUT2D eigenvalue weighted by atomic mass is 9.65. The standard InChI is InChI=1S/C21H30F2N4O4/c1-19(22,23)12-15(16(28)26-21(13-24)6-7-21)25-18(31)27-10-8-20(9-11-27)4-2-14(3-5-20)17(29)30/h14-15H,2-12H2,1H3,(H,25,31)(H,26,28)(H,29,30)/t15-/m0/s1. The quantitative estimate of drug-likeness (QED) is 0.586. The van der Waals surface area contributed by atoms with E-state index in [1.54, 1.807) is 0 Å². The van der Waals surface area contributed by atoms with Crippen molar-refractivity contribution in [3.05, 3.63) is 0 Å². The molecule has 8 nitrogen and oxygen atoms in total. The minimum absolute atomic E-state index is 0.0289. The molecule has 0 aromatic rings. The molecule has 1 saturated heterocycles. The lowest BCUT2D eigenvalue weighted by molar-refractivity contribution is -0.144. The van der Waals surface area contributed by atoms with E-state index in [1.807, 2.05) is 6.07 Å². The second-order valence-corrected chi connectivity index (χ2v) is 9.56. The summed E-state index contributed by atoms with van der Waals surface area (Å²) in [7, 11) is 0. The Balaban J connectivity index is 1.55. The molecule has 3 rings (SSSR count). The fourth-order valence-corrected chi connectivity index (χ4v) is 4.68. The molecule has 3 aliphatic rings. The van der Waals surface area contributed by atoms with Gasteiger partial charge in [-0.3, -0.25) is 9.59 Å². The van der Waals surface area contributed by atoms with E-state index in [1.165, 1.54) is 4.90 Å². The first-order chi connectivity index (χ1) is 14.5. The Labute approximate surface area is 180 Å². The van der Waals surface area contributed by atoms with Crippen molar-refractivity contribution in [2.75, 3.05) is 13.1 Å². The van der Waals surface area contributed by atoms with Gasteiger partial charge >= 0.3 is 12.0 Å². The Kier molecular flexibility index (Phi) is 6.44. The van der Waals surface area contributed by atoms with Gasteiger partial charge in [-0.25, -0.2) is 13.6 Å². The molecule has 172 valence electrons. The van der Waals surface area contributed by atoms with Crippen molar-refractivity contribution in [2.24, 2.45) is 11.3 Å². The van der Waals surface area contributed by atoms with Crippen molar-refractivity contribution in [3.8, 4) is 6.07 Å². The molecule has 10 heteroatoms. The normalized spacial score (nSPS) is 23.5. The predicted molar refractivity (Wildman–Crippen MR) is 106 cm³/mol. The van der Waals surface area contributed by atoms with Crippen LogP contribution < -0.4 is 10.6 Å². The molecule has 2 saturated carbocycles. The van der Waals surface area contributed by atoms with Crippen LogP contribution in [0.4, 0.5) is 13.6 Å². The predicted octanol–water partition coefficient (Wildman–Crippen LogP) is 2.64. The number of carboxylic acid groups (broad SMARTS) is 1. The van der Waals surface area contributed by atoms with Gasteiger partial charge in [0.1, 0.15) is 11.6 Å². The molecular formula is C21H30F2N4O4. The van der Waals surface area contributed by atoms with Crippen molar-refractivity contribution < 1.29 is 28.3 Å². The summed E-state index contributed by atoms with van der Waals surface area (Å²) < 4.78 is 27.3. The van der Waals surface area contributed by atoms with Crippen LogP contribution in [0, 0.1) is 22.7 Å². The van der Waals surface area contributed by atoms with Crippen LogP contribution in [-0.2, 0) is 9.59 Å². The van der Waals surface area contributed by atoms with Gasteiger partial charge in [0.2, 0.25) is 11.8 Å².